The standard InChI is InChI=1S/C20H25N3O5/c1-4-12(2)16(17(25)28-3)21-15(24)11-23-18(26)20(22-19(23)27)10-9-13-7-5-6-8-14(13)20/h5-8,12,16H,4,9-11H2,1-3H3,(H,21,24)(H,22,27)/t12-,16+,20-/m0/s1. The minimum Gasteiger partial charge on any atom is -0.467 e. The number of nitrogens with zero attached hydrogens (tertiary/aromatic N) is 1. The zero-order chi connectivity index (χ0) is 20.5. The number of fused-ring (bicyclic) bond motifs is 2. The molecule has 1 heterocycles. The van der Waals surface area contributed by atoms with E-state index in [1.165, 1.54) is 7.11 Å². The Balaban J connectivity index is 1.75. The first-order valence-corrected chi connectivity index (χ1v) is 9.43. The summed E-state index contributed by atoms with van der Waals surface area (Å²) in [6.07, 6.45) is 1.80. The molecule has 0 bridgehead atoms. The molecule has 4 amide bonds. The van der Waals surface area contributed by atoms with E-state index in [4.69, 9.17) is 4.74 Å². The number of ether oxygens (including phenoxy) is 1. The van der Waals surface area contributed by atoms with Gasteiger partial charge < -0.3 is 15.4 Å². The molecule has 1 aromatic rings. The molecule has 3 atom stereocenters. The van der Waals surface area contributed by atoms with Gasteiger partial charge in [-0.1, -0.05) is 44.5 Å². The summed E-state index contributed by atoms with van der Waals surface area (Å²) < 4.78 is 4.75. The fraction of sp³-hybridized carbons (Fsp3) is 0.500. The van der Waals surface area contributed by atoms with Crippen LogP contribution in [0, 0.1) is 5.92 Å². The SMILES string of the molecule is CC[C@H](C)[C@@H](NC(=O)CN1C(=O)N[C@]2(CCc3ccccc32)C1=O)C(=O)OC. The fourth-order valence-electron chi connectivity index (χ4n) is 3.89. The Hall–Kier alpha value is -2.90. The quantitative estimate of drug-likeness (QED) is 0.561. The maximum atomic E-state index is 13.1. The number of carbonyl (C=O) groups excluding carboxylic acids is 4. The zero-order valence-corrected chi connectivity index (χ0v) is 16.3. The van der Waals surface area contributed by atoms with Crippen molar-refractivity contribution in [1.29, 1.82) is 0 Å². The number of aryl methyl sites for hydroxylation is 1. The van der Waals surface area contributed by atoms with E-state index in [1.807, 2.05) is 38.1 Å². The van der Waals surface area contributed by atoms with Gasteiger partial charge in [-0.05, 0) is 29.9 Å². The summed E-state index contributed by atoms with van der Waals surface area (Å²) in [5, 5.41) is 5.37. The second-order valence-electron chi connectivity index (χ2n) is 7.34. The van der Waals surface area contributed by atoms with Gasteiger partial charge in [-0.25, -0.2) is 9.59 Å². The number of esters is 1. The van der Waals surface area contributed by atoms with Crippen LogP contribution in [0.4, 0.5) is 4.79 Å². The normalized spacial score (nSPS) is 22.6. The molecule has 0 unspecified atom stereocenters. The van der Waals surface area contributed by atoms with E-state index in [0.29, 0.717) is 19.3 Å². The Kier molecular flexibility index (Phi) is 5.40. The highest BCUT2D eigenvalue weighted by molar-refractivity contribution is 6.10. The summed E-state index contributed by atoms with van der Waals surface area (Å²) in [6, 6.07) is 6.06. The van der Waals surface area contributed by atoms with E-state index in [0.717, 1.165) is 16.0 Å². The molecule has 1 aliphatic heterocycles. The monoisotopic (exact) mass is 387 g/mol. The lowest BCUT2D eigenvalue weighted by molar-refractivity contribution is -0.146. The van der Waals surface area contributed by atoms with Crippen LogP contribution in [0.25, 0.3) is 0 Å². The highest BCUT2D eigenvalue weighted by Gasteiger charge is 2.55. The van der Waals surface area contributed by atoms with Gasteiger partial charge in [-0.3, -0.25) is 14.5 Å². The van der Waals surface area contributed by atoms with Crippen molar-refractivity contribution in [3.8, 4) is 0 Å². The molecule has 1 aliphatic carbocycles. The van der Waals surface area contributed by atoms with Gasteiger partial charge in [0.25, 0.3) is 5.91 Å². The van der Waals surface area contributed by atoms with Crippen molar-refractivity contribution in [3.05, 3.63) is 35.4 Å². The number of hydrogen-bond acceptors (Lipinski definition) is 5. The van der Waals surface area contributed by atoms with E-state index < -0.39 is 41.9 Å². The maximum absolute atomic E-state index is 13.1. The first-order chi connectivity index (χ1) is 13.3. The van der Waals surface area contributed by atoms with Gasteiger partial charge >= 0.3 is 12.0 Å². The van der Waals surface area contributed by atoms with Crippen molar-refractivity contribution < 1.29 is 23.9 Å². The van der Waals surface area contributed by atoms with E-state index >= 15 is 0 Å². The smallest absolute Gasteiger partial charge is 0.328 e. The first kappa shape index (κ1) is 19.9. The van der Waals surface area contributed by atoms with E-state index in [9.17, 15) is 19.2 Å². The van der Waals surface area contributed by atoms with Crippen LogP contribution in [-0.2, 0) is 31.1 Å². The number of nitrogens with one attached hydrogen (secondary N) is 2. The Morgan fingerprint density at radius 1 is 1.32 bits per heavy atom. The molecule has 0 aromatic heterocycles. The van der Waals surface area contributed by atoms with Crippen LogP contribution in [0.3, 0.4) is 0 Å². The van der Waals surface area contributed by atoms with Gasteiger partial charge in [0.1, 0.15) is 18.1 Å². The summed E-state index contributed by atoms with van der Waals surface area (Å²) >= 11 is 0. The third kappa shape index (κ3) is 3.23. The Labute approximate surface area is 163 Å². The average molecular weight is 387 g/mol. The summed E-state index contributed by atoms with van der Waals surface area (Å²) in [5.41, 5.74) is 0.695. The summed E-state index contributed by atoms with van der Waals surface area (Å²) in [4.78, 5) is 50.9. The van der Waals surface area contributed by atoms with Crippen molar-refractivity contribution in [2.45, 2.75) is 44.7 Å². The van der Waals surface area contributed by atoms with Crippen LogP contribution in [0.15, 0.2) is 24.3 Å². The molecule has 0 radical (unpaired) electrons. The summed E-state index contributed by atoms with van der Waals surface area (Å²) in [5.74, 6) is -1.72. The molecule has 1 spiro atoms. The number of amides is 4. The topological polar surface area (TPSA) is 105 Å². The number of imide groups is 1. The van der Waals surface area contributed by atoms with Crippen LogP contribution >= 0.6 is 0 Å². The van der Waals surface area contributed by atoms with Crippen LogP contribution in [0.5, 0.6) is 0 Å². The molecule has 0 saturated carbocycles. The molecule has 1 aromatic carbocycles. The number of hydrogen-bond donors (Lipinski definition) is 2. The minimum absolute atomic E-state index is 0.146. The van der Waals surface area contributed by atoms with Gasteiger partial charge in [0.15, 0.2) is 0 Å². The summed E-state index contributed by atoms with van der Waals surface area (Å²) in [7, 11) is 1.25. The van der Waals surface area contributed by atoms with Crippen molar-refractivity contribution in [2.75, 3.05) is 13.7 Å². The van der Waals surface area contributed by atoms with Crippen molar-refractivity contribution in [2.24, 2.45) is 5.92 Å². The average Bonchev–Trinajstić information content (AvgIpc) is 3.18. The lowest BCUT2D eigenvalue weighted by Crippen LogP contribution is -2.50. The summed E-state index contributed by atoms with van der Waals surface area (Å²) in [6.45, 7) is 3.27. The van der Waals surface area contributed by atoms with Gasteiger partial charge in [-0.15, -0.1) is 0 Å². The third-order valence-corrected chi connectivity index (χ3v) is 5.71. The number of methoxy groups -OCH3 is 1. The van der Waals surface area contributed by atoms with Gasteiger partial charge in [-0.2, -0.15) is 0 Å². The molecule has 1 fully saturated rings. The Bertz CT molecular complexity index is 824. The highest BCUT2D eigenvalue weighted by atomic mass is 16.5. The van der Waals surface area contributed by atoms with Gasteiger partial charge in [0.05, 0.1) is 7.11 Å². The Morgan fingerprint density at radius 2 is 2.04 bits per heavy atom. The number of benzene rings is 1. The minimum atomic E-state index is -1.10. The number of carbonyl (C=O) groups is 4. The second kappa shape index (κ2) is 7.61. The number of rotatable bonds is 6. The molecular weight excluding hydrogens is 362 g/mol. The highest BCUT2D eigenvalue weighted by Crippen LogP contribution is 2.41. The molecule has 150 valence electrons. The molecule has 8 heteroatoms. The van der Waals surface area contributed by atoms with Crippen molar-refractivity contribution in [1.82, 2.24) is 15.5 Å². The predicted octanol–water partition coefficient (Wildman–Crippen LogP) is 1.08. The molecule has 8 nitrogen and oxygen atoms in total. The fourth-order valence-corrected chi connectivity index (χ4v) is 3.89. The molecule has 28 heavy (non-hydrogen) atoms. The van der Waals surface area contributed by atoms with Crippen LogP contribution in [-0.4, -0.2) is 48.4 Å². The molecule has 2 N–H and O–H groups in total. The third-order valence-electron chi connectivity index (χ3n) is 5.71. The van der Waals surface area contributed by atoms with Crippen molar-refractivity contribution >= 4 is 23.8 Å². The van der Waals surface area contributed by atoms with Gasteiger partial charge in [0.2, 0.25) is 5.91 Å². The molecule has 3 rings (SSSR count). The van der Waals surface area contributed by atoms with Crippen LogP contribution < -0.4 is 10.6 Å². The van der Waals surface area contributed by atoms with Crippen LogP contribution in [0.2, 0.25) is 0 Å². The lowest BCUT2D eigenvalue weighted by atomic mass is 9.92. The van der Waals surface area contributed by atoms with Crippen LogP contribution in [0.1, 0.15) is 37.8 Å². The molecule has 2 aliphatic rings. The van der Waals surface area contributed by atoms with Crippen molar-refractivity contribution in [3.63, 3.8) is 0 Å². The zero-order valence-electron chi connectivity index (χ0n) is 16.3. The maximum Gasteiger partial charge on any atom is 0.328 e. The molecular formula is C20H25N3O5. The first-order valence-electron chi connectivity index (χ1n) is 9.43. The Morgan fingerprint density at radius 3 is 2.71 bits per heavy atom. The van der Waals surface area contributed by atoms with E-state index in [1.54, 1.807) is 0 Å². The molecule has 1 saturated heterocycles. The van der Waals surface area contributed by atoms with Gasteiger partial charge in [0, 0.05) is 0 Å². The number of urea groups is 1. The van der Waals surface area contributed by atoms with E-state index in [-0.39, 0.29) is 5.92 Å². The lowest BCUT2D eigenvalue weighted by Gasteiger charge is -2.24. The predicted molar refractivity (Wildman–Crippen MR) is 100 cm³/mol. The van der Waals surface area contributed by atoms with E-state index in [2.05, 4.69) is 10.6 Å². The largest absolute Gasteiger partial charge is 0.467 e. The second-order valence-corrected chi connectivity index (χ2v) is 7.34.